The number of rotatable bonds is 4. The second-order valence-electron chi connectivity index (χ2n) is 9.87. The molecular weight excluding hydrogens is 412 g/mol. The molecular formula is C23H28N4O5. The molecule has 1 N–H and O–H groups in total. The maximum absolute atomic E-state index is 13.1. The van der Waals surface area contributed by atoms with Crippen molar-refractivity contribution in [3.8, 4) is 0 Å². The van der Waals surface area contributed by atoms with Crippen LogP contribution in [0, 0.1) is 18.3 Å². The molecule has 170 valence electrons. The monoisotopic (exact) mass is 440 g/mol. The molecule has 2 unspecified atom stereocenters. The molecule has 2 fully saturated rings. The Labute approximate surface area is 185 Å². The first-order chi connectivity index (χ1) is 15.0. The van der Waals surface area contributed by atoms with Crippen LogP contribution in [0.25, 0.3) is 5.65 Å². The third-order valence-electron chi connectivity index (χ3n) is 6.23. The Morgan fingerprint density at radius 2 is 2.00 bits per heavy atom. The zero-order valence-corrected chi connectivity index (χ0v) is 18.8. The second-order valence-corrected chi connectivity index (χ2v) is 9.87. The van der Waals surface area contributed by atoms with E-state index in [2.05, 4.69) is 31.1 Å². The smallest absolute Gasteiger partial charge is 0.326 e. The average Bonchev–Trinajstić information content (AvgIpc) is 2.88. The highest BCUT2D eigenvalue weighted by Gasteiger charge is 2.56. The normalized spacial score (nSPS) is 24.8. The standard InChI is InChI=1S/C23H28N4O5/c1-14-9-22(3,4)13-23(10-14)20(30)26(21(31)25-23)11-19(29)32-12-16-8-18(28)27-15(2)6-5-7-17(27)24-16/h5-8,14H,9-13H2,1-4H3,(H,25,31). The van der Waals surface area contributed by atoms with Crippen molar-refractivity contribution in [1.82, 2.24) is 19.6 Å². The molecule has 2 aromatic heterocycles. The number of imide groups is 1. The molecule has 32 heavy (non-hydrogen) atoms. The zero-order chi connectivity index (χ0) is 23.3. The Balaban J connectivity index is 1.44. The van der Waals surface area contributed by atoms with Crippen molar-refractivity contribution in [1.29, 1.82) is 0 Å². The van der Waals surface area contributed by atoms with Crippen LogP contribution in [0.5, 0.6) is 0 Å². The van der Waals surface area contributed by atoms with Crippen LogP contribution in [0.1, 0.15) is 51.4 Å². The topological polar surface area (TPSA) is 110 Å². The summed E-state index contributed by atoms with van der Waals surface area (Å²) >= 11 is 0. The second kappa shape index (κ2) is 7.72. The van der Waals surface area contributed by atoms with E-state index in [4.69, 9.17) is 4.74 Å². The Kier molecular flexibility index (Phi) is 5.30. The predicted molar refractivity (Wildman–Crippen MR) is 116 cm³/mol. The highest BCUT2D eigenvalue weighted by Crippen LogP contribution is 2.46. The van der Waals surface area contributed by atoms with Gasteiger partial charge in [-0.3, -0.25) is 23.7 Å². The van der Waals surface area contributed by atoms with Crippen LogP contribution in [0.2, 0.25) is 0 Å². The van der Waals surface area contributed by atoms with Crippen LogP contribution >= 0.6 is 0 Å². The first-order valence-electron chi connectivity index (χ1n) is 10.8. The van der Waals surface area contributed by atoms with E-state index in [9.17, 15) is 19.2 Å². The van der Waals surface area contributed by atoms with Crippen LogP contribution in [0.15, 0.2) is 29.1 Å². The predicted octanol–water partition coefficient (Wildman–Crippen LogP) is 2.18. The molecule has 1 saturated carbocycles. The zero-order valence-electron chi connectivity index (χ0n) is 18.8. The summed E-state index contributed by atoms with van der Waals surface area (Å²) < 4.78 is 6.70. The van der Waals surface area contributed by atoms with Crippen LogP contribution in [0.3, 0.4) is 0 Å². The van der Waals surface area contributed by atoms with Gasteiger partial charge in [-0.1, -0.05) is 26.8 Å². The number of hydrogen-bond donors (Lipinski definition) is 1. The Morgan fingerprint density at radius 1 is 1.25 bits per heavy atom. The van der Waals surface area contributed by atoms with Gasteiger partial charge < -0.3 is 10.1 Å². The lowest BCUT2D eigenvalue weighted by Gasteiger charge is -2.43. The average molecular weight is 441 g/mol. The van der Waals surface area contributed by atoms with Crippen LogP contribution in [0.4, 0.5) is 4.79 Å². The van der Waals surface area contributed by atoms with Crippen molar-refractivity contribution in [2.45, 2.75) is 59.1 Å². The molecule has 3 heterocycles. The molecule has 0 aromatic carbocycles. The minimum Gasteiger partial charge on any atom is -0.458 e. The lowest BCUT2D eigenvalue weighted by atomic mass is 9.64. The van der Waals surface area contributed by atoms with Crippen LogP contribution in [-0.2, 0) is 20.9 Å². The molecule has 2 aromatic rings. The number of ether oxygens (including phenoxy) is 1. The van der Waals surface area contributed by atoms with Gasteiger partial charge in [-0.25, -0.2) is 9.78 Å². The van der Waals surface area contributed by atoms with Crippen molar-refractivity contribution in [3.05, 3.63) is 46.0 Å². The number of aromatic nitrogens is 2. The number of nitrogens with one attached hydrogen (secondary N) is 1. The summed E-state index contributed by atoms with van der Waals surface area (Å²) in [4.78, 5) is 55.7. The Bertz CT molecular complexity index is 1170. The number of amides is 3. The van der Waals surface area contributed by atoms with E-state index in [-0.39, 0.29) is 29.4 Å². The molecule has 0 bridgehead atoms. The van der Waals surface area contributed by atoms with Crippen LogP contribution in [-0.4, -0.2) is 44.3 Å². The molecule has 0 radical (unpaired) electrons. The highest BCUT2D eigenvalue weighted by atomic mass is 16.5. The number of urea groups is 1. The lowest BCUT2D eigenvalue weighted by molar-refractivity contribution is -0.149. The highest BCUT2D eigenvalue weighted by molar-refractivity contribution is 6.08. The summed E-state index contributed by atoms with van der Waals surface area (Å²) in [6.07, 6.45) is 2.06. The van der Waals surface area contributed by atoms with Gasteiger partial charge in [-0.15, -0.1) is 0 Å². The van der Waals surface area contributed by atoms with Crippen molar-refractivity contribution < 1.29 is 19.1 Å². The SMILES string of the molecule is Cc1cccc2nc(COC(=O)CN3C(=O)NC4(CC(C)CC(C)(C)C4)C3=O)cc(=O)n12. The first kappa shape index (κ1) is 22.0. The molecule has 1 saturated heterocycles. The van der Waals surface area contributed by atoms with Gasteiger partial charge in [0.1, 0.15) is 24.3 Å². The molecule has 9 nitrogen and oxygen atoms in total. The summed E-state index contributed by atoms with van der Waals surface area (Å²) in [6.45, 7) is 7.33. The maximum Gasteiger partial charge on any atom is 0.326 e. The summed E-state index contributed by atoms with van der Waals surface area (Å²) in [6, 6.07) is 6.01. The fraction of sp³-hybridized carbons (Fsp3) is 0.522. The van der Waals surface area contributed by atoms with E-state index in [1.165, 1.54) is 10.5 Å². The minimum absolute atomic E-state index is 0.0920. The summed E-state index contributed by atoms with van der Waals surface area (Å²) in [7, 11) is 0. The van der Waals surface area contributed by atoms with Gasteiger partial charge in [0, 0.05) is 11.8 Å². The van der Waals surface area contributed by atoms with E-state index in [1.54, 1.807) is 25.1 Å². The third kappa shape index (κ3) is 3.99. The summed E-state index contributed by atoms with van der Waals surface area (Å²) in [5.41, 5.74) is 0.163. The molecule has 2 aliphatic rings. The van der Waals surface area contributed by atoms with Gasteiger partial charge in [-0.05, 0) is 49.7 Å². The fourth-order valence-electron chi connectivity index (χ4n) is 5.42. The number of carbonyl (C=O) groups excluding carboxylic acids is 3. The van der Waals surface area contributed by atoms with Gasteiger partial charge in [-0.2, -0.15) is 0 Å². The third-order valence-corrected chi connectivity index (χ3v) is 6.23. The quantitative estimate of drug-likeness (QED) is 0.576. The lowest BCUT2D eigenvalue weighted by Crippen LogP contribution is -2.54. The number of pyridine rings is 1. The van der Waals surface area contributed by atoms with E-state index >= 15 is 0 Å². The number of esters is 1. The minimum atomic E-state index is -0.967. The summed E-state index contributed by atoms with van der Waals surface area (Å²) in [5.74, 6) is -0.840. The van der Waals surface area contributed by atoms with Crippen molar-refractivity contribution in [2.24, 2.45) is 11.3 Å². The van der Waals surface area contributed by atoms with Crippen molar-refractivity contribution >= 4 is 23.6 Å². The number of fused-ring (bicyclic) bond motifs is 1. The number of hydrogen-bond acceptors (Lipinski definition) is 6. The van der Waals surface area contributed by atoms with E-state index < -0.39 is 24.1 Å². The van der Waals surface area contributed by atoms with E-state index in [1.807, 2.05) is 0 Å². The summed E-state index contributed by atoms with van der Waals surface area (Å²) in [5, 5.41) is 2.84. The van der Waals surface area contributed by atoms with Gasteiger partial charge in [0.2, 0.25) is 0 Å². The number of nitrogens with zero attached hydrogens (tertiary/aromatic N) is 3. The Hall–Kier alpha value is -3.23. The van der Waals surface area contributed by atoms with Crippen LogP contribution < -0.4 is 10.9 Å². The molecule has 1 aliphatic heterocycles. The molecule has 1 spiro atoms. The first-order valence-corrected chi connectivity index (χ1v) is 10.8. The number of carbonyl (C=O) groups is 3. The molecule has 1 aliphatic carbocycles. The fourth-order valence-corrected chi connectivity index (χ4v) is 5.42. The van der Waals surface area contributed by atoms with Gasteiger partial charge in [0.05, 0.1) is 5.69 Å². The molecule has 3 amide bonds. The van der Waals surface area contributed by atoms with Gasteiger partial charge >= 0.3 is 12.0 Å². The van der Waals surface area contributed by atoms with Crippen molar-refractivity contribution in [2.75, 3.05) is 6.54 Å². The molecule has 9 heteroatoms. The Morgan fingerprint density at radius 3 is 2.72 bits per heavy atom. The van der Waals surface area contributed by atoms with E-state index in [0.29, 0.717) is 24.2 Å². The molecule has 4 rings (SSSR count). The van der Waals surface area contributed by atoms with Gasteiger partial charge in [0.15, 0.2) is 0 Å². The van der Waals surface area contributed by atoms with E-state index in [0.717, 1.165) is 17.0 Å². The number of aryl methyl sites for hydroxylation is 1. The largest absolute Gasteiger partial charge is 0.458 e. The molecule has 2 atom stereocenters. The maximum atomic E-state index is 13.1. The van der Waals surface area contributed by atoms with Crippen molar-refractivity contribution in [3.63, 3.8) is 0 Å². The van der Waals surface area contributed by atoms with Gasteiger partial charge in [0.25, 0.3) is 11.5 Å².